The van der Waals surface area contributed by atoms with E-state index < -0.39 is 0 Å². The summed E-state index contributed by atoms with van der Waals surface area (Å²) in [7, 11) is 0. The van der Waals surface area contributed by atoms with Crippen LogP contribution in [-0.2, 0) is 5.75 Å². The van der Waals surface area contributed by atoms with Crippen LogP contribution in [0.4, 0.5) is 0 Å². The van der Waals surface area contributed by atoms with E-state index >= 15 is 0 Å². The quantitative estimate of drug-likeness (QED) is 0.441. The van der Waals surface area contributed by atoms with Crippen LogP contribution in [0, 0.1) is 5.92 Å². The molecule has 1 fully saturated rings. The van der Waals surface area contributed by atoms with Crippen molar-refractivity contribution in [2.45, 2.75) is 43.3 Å². The number of likely N-dealkylation sites (tertiary alicyclic amines) is 1. The Hall–Kier alpha value is -1.16. The van der Waals surface area contributed by atoms with Gasteiger partial charge in [0.2, 0.25) is 0 Å². The highest BCUT2D eigenvalue weighted by atomic mass is 35.5. The van der Waals surface area contributed by atoms with Crippen LogP contribution in [0.1, 0.15) is 43.7 Å². The first-order chi connectivity index (χ1) is 13.1. The molecule has 2 heterocycles. The minimum absolute atomic E-state index is 0.691. The summed E-state index contributed by atoms with van der Waals surface area (Å²) in [6, 6.07) is 7.79. The highest BCUT2D eigenvalue weighted by Gasteiger charge is 2.20. The average Bonchev–Trinajstić information content (AvgIpc) is 2.68. The molecule has 27 heavy (non-hydrogen) atoms. The number of hydrogen-bond donors (Lipinski definition) is 0. The summed E-state index contributed by atoms with van der Waals surface area (Å²) in [6.07, 6.45) is 8.98. The lowest BCUT2D eigenvalue weighted by Crippen LogP contribution is -2.32. The molecule has 1 aromatic carbocycles. The number of thioether (sulfide) groups is 1. The summed E-state index contributed by atoms with van der Waals surface area (Å²) in [5.41, 5.74) is 3.34. The molecule has 5 heteroatoms. The Morgan fingerprint density at radius 3 is 2.59 bits per heavy atom. The van der Waals surface area contributed by atoms with Crippen LogP contribution in [0.2, 0.25) is 10.0 Å². The zero-order valence-corrected chi connectivity index (χ0v) is 18.1. The van der Waals surface area contributed by atoms with Gasteiger partial charge in [0.1, 0.15) is 0 Å². The van der Waals surface area contributed by atoms with Crippen molar-refractivity contribution in [3.05, 3.63) is 64.4 Å². The van der Waals surface area contributed by atoms with Crippen molar-refractivity contribution in [2.75, 3.05) is 13.1 Å². The Labute approximate surface area is 177 Å². The molecule has 0 N–H and O–H groups in total. The lowest BCUT2D eigenvalue weighted by molar-refractivity contribution is 0.245. The number of piperidine rings is 1. The van der Waals surface area contributed by atoms with Crippen molar-refractivity contribution in [1.29, 1.82) is 0 Å². The fourth-order valence-corrected chi connectivity index (χ4v) is 5.19. The predicted octanol–water partition coefficient (Wildman–Crippen LogP) is 7.16. The van der Waals surface area contributed by atoms with E-state index in [1.165, 1.54) is 25.7 Å². The first-order valence-electron chi connectivity index (χ1n) is 9.53. The van der Waals surface area contributed by atoms with E-state index in [2.05, 4.69) is 29.5 Å². The topological polar surface area (TPSA) is 16.1 Å². The second kappa shape index (κ2) is 9.86. The van der Waals surface area contributed by atoms with Crippen LogP contribution in [0.5, 0.6) is 0 Å². The molecular formula is C22H26Cl2N2S. The van der Waals surface area contributed by atoms with Crippen molar-refractivity contribution in [3.63, 3.8) is 0 Å². The molecule has 1 aliphatic rings. The maximum absolute atomic E-state index is 6.27. The number of hydrogen-bond acceptors (Lipinski definition) is 3. The predicted molar refractivity (Wildman–Crippen MR) is 118 cm³/mol. The zero-order valence-electron chi connectivity index (χ0n) is 15.8. The molecule has 0 bridgehead atoms. The van der Waals surface area contributed by atoms with Crippen LogP contribution in [0.25, 0.3) is 5.70 Å². The molecule has 2 aromatic rings. The second-order valence-electron chi connectivity index (χ2n) is 7.09. The molecule has 1 aliphatic heterocycles. The highest BCUT2D eigenvalue weighted by molar-refractivity contribution is 7.98. The number of rotatable bonds is 7. The average molecular weight is 421 g/mol. The van der Waals surface area contributed by atoms with E-state index in [4.69, 9.17) is 23.2 Å². The number of benzene rings is 1. The van der Waals surface area contributed by atoms with Gasteiger partial charge in [-0.3, -0.25) is 4.98 Å². The first-order valence-corrected chi connectivity index (χ1v) is 11.3. The fourth-order valence-electron chi connectivity index (χ4n) is 3.58. The van der Waals surface area contributed by atoms with Gasteiger partial charge in [0.25, 0.3) is 0 Å². The number of nitrogens with zero attached hydrogens (tertiary/aromatic N) is 2. The van der Waals surface area contributed by atoms with Crippen LogP contribution < -0.4 is 0 Å². The molecular weight excluding hydrogens is 395 g/mol. The minimum Gasteiger partial charge on any atom is -0.371 e. The molecule has 0 radical (unpaired) electrons. The van der Waals surface area contributed by atoms with Crippen molar-refractivity contribution in [1.82, 2.24) is 9.88 Å². The second-order valence-corrected chi connectivity index (χ2v) is 8.89. The summed E-state index contributed by atoms with van der Waals surface area (Å²) in [5.74, 6) is 1.65. The van der Waals surface area contributed by atoms with Crippen LogP contribution >= 0.6 is 35.0 Å². The van der Waals surface area contributed by atoms with Gasteiger partial charge in [0, 0.05) is 47.4 Å². The van der Waals surface area contributed by atoms with Gasteiger partial charge in [-0.25, -0.2) is 0 Å². The molecule has 1 aromatic heterocycles. The van der Waals surface area contributed by atoms with Crippen molar-refractivity contribution in [2.24, 2.45) is 5.92 Å². The maximum atomic E-state index is 6.27. The van der Waals surface area contributed by atoms with Crippen molar-refractivity contribution < 1.29 is 0 Å². The number of aromatic nitrogens is 1. The molecule has 144 valence electrons. The monoisotopic (exact) mass is 420 g/mol. The Kier molecular flexibility index (Phi) is 7.51. The lowest BCUT2D eigenvalue weighted by atomic mass is 9.92. The van der Waals surface area contributed by atoms with E-state index in [-0.39, 0.29) is 0 Å². The SMILES string of the molecule is C=C(c1cncc(CSc2c(Cl)cccc2Cl)c1)N1CCC(CCC)CC1. The molecule has 2 nitrogen and oxygen atoms in total. The lowest BCUT2D eigenvalue weighted by Gasteiger charge is -2.34. The van der Waals surface area contributed by atoms with E-state index in [9.17, 15) is 0 Å². The van der Waals surface area contributed by atoms with Crippen LogP contribution in [0.15, 0.2) is 48.1 Å². The van der Waals surface area contributed by atoms with E-state index in [0.717, 1.165) is 46.5 Å². The van der Waals surface area contributed by atoms with Crippen molar-refractivity contribution >= 4 is 40.7 Å². The molecule has 0 aliphatic carbocycles. The molecule has 3 rings (SSSR count). The Morgan fingerprint density at radius 2 is 1.93 bits per heavy atom. The molecule has 0 amide bonds. The number of pyridine rings is 1. The van der Waals surface area contributed by atoms with Gasteiger partial charge in [-0.2, -0.15) is 0 Å². The summed E-state index contributed by atoms with van der Waals surface area (Å²) < 4.78 is 0. The van der Waals surface area contributed by atoms with Gasteiger partial charge in [0.05, 0.1) is 10.0 Å². The first kappa shape index (κ1) is 20.6. The number of halogens is 2. The summed E-state index contributed by atoms with van der Waals surface area (Å²) >= 11 is 14.2. The molecule has 1 saturated heterocycles. The van der Waals surface area contributed by atoms with Crippen LogP contribution in [0.3, 0.4) is 0 Å². The van der Waals surface area contributed by atoms with Gasteiger partial charge >= 0.3 is 0 Å². The van der Waals surface area contributed by atoms with Gasteiger partial charge in [-0.1, -0.05) is 55.6 Å². The third kappa shape index (κ3) is 5.43. The standard InChI is InChI=1S/C22H26Cl2N2S/c1-3-5-17-8-10-26(11-9-17)16(2)19-12-18(13-25-14-19)15-27-22-20(23)6-4-7-21(22)24/h4,6-7,12-14,17H,2-3,5,8-11,15H2,1H3. The Balaban J connectivity index is 1.63. The molecule has 0 unspecified atom stereocenters. The van der Waals surface area contributed by atoms with Gasteiger partial charge in [0.15, 0.2) is 0 Å². The van der Waals surface area contributed by atoms with Crippen LogP contribution in [-0.4, -0.2) is 23.0 Å². The smallest absolute Gasteiger partial charge is 0.0557 e. The Bertz CT molecular complexity index is 765. The summed E-state index contributed by atoms with van der Waals surface area (Å²) in [4.78, 5) is 7.76. The highest BCUT2D eigenvalue weighted by Crippen LogP contribution is 2.36. The zero-order chi connectivity index (χ0) is 19.2. The molecule has 0 spiro atoms. The fraction of sp³-hybridized carbons (Fsp3) is 0.409. The van der Waals surface area contributed by atoms with Gasteiger partial charge < -0.3 is 4.90 Å². The third-order valence-electron chi connectivity index (χ3n) is 5.12. The molecule has 0 atom stereocenters. The van der Waals surface area contributed by atoms with Gasteiger partial charge in [-0.15, -0.1) is 11.8 Å². The van der Waals surface area contributed by atoms with Crippen molar-refractivity contribution in [3.8, 4) is 0 Å². The van der Waals surface area contributed by atoms with E-state index in [1.54, 1.807) is 11.8 Å². The molecule has 0 saturated carbocycles. The largest absolute Gasteiger partial charge is 0.371 e. The van der Waals surface area contributed by atoms with E-state index in [0.29, 0.717) is 10.0 Å². The third-order valence-corrected chi connectivity index (χ3v) is 7.18. The van der Waals surface area contributed by atoms with Gasteiger partial charge in [-0.05, 0) is 42.5 Å². The Morgan fingerprint density at radius 1 is 1.22 bits per heavy atom. The maximum Gasteiger partial charge on any atom is 0.0557 e. The summed E-state index contributed by atoms with van der Waals surface area (Å²) in [5, 5.41) is 1.38. The van der Waals surface area contributed by atoms with E-state index in [1.807, 2.05) is 30.6 Å². The normalized spacial score (nSPS) is 15.1. The minimum atomic E-state index is 0.691. The summed E-state index contributed by atoms with van der Waals surface area (Å²) in [6.45, 7) is 8.81.